The number of aromatic nitrogens is 4. The average molecular weight is 367 g/mol. The number of aliphatic hydroxyl groups is 1. The number of hydrogen-bond acceptors (Lipinski definition) is 4. The van der Waals surface area contributed by atoms with E-state index in [0.29, 0.717) is 11.6 Å². The zero-order chi connectivity index (χ0) is 19.1. The summed E-state index contributed by atoms with van der Waals surface area (Å²) in [5, 5.41) is 10.8. The summed E-state index contributed by atoms with van der Waals surface area (Å²) in [6.45, 7) is 4.21. The summed E-state index contributed by atoms with van der Waals surface area (Å²) in [6, 6.07) is 5.68. The number of amides is 1. The van der Waals surface area contributed by atoms with E-state index in [0.717, 1.165) is 23.9 Å². The predicted molar refractivity (Wildman–Crippen MR) is 103 cm³/mol. The second kappa shape index (κ2) is 6.81. The van der Waals surface area contributed by atoms with Crippen LogP contribution in [-0.2, 0) is 0 Å². The van der Waals surface area contributed by atoms with Crippen molar-refractivity contribution in [2.24, 2.45) is 0 Å². The van der Waals surface area contributed by atoms with Crippen LogP contribution in [0.15, 0.2) is 43.2 Å². The van der Waals surface area contributed by atoms with E-state index in [1.807, 2.05) is 35.3 Å². The third-order valence-electron chi connectivity index (χ3n) is 5.65. The maximum Gasteiger partial charge on any atom is 0.254 e. The number of benzene rings is 1. The SMILES string of the molecule is CC(C)n1cnc2cc(C(=O)N(C)[C@@H]3CC[C@@H](n4ccnc4)[C@@H]3O)ccc21. The molecule has 1 saturated carbocycles. The van der Waals surface area contributed by atoms with Gasteiger partial charge in [0.25, 0.3) is 5.91 Å². The highest BCUT2D eigenvalue weighted by atomic mass is 16.3. The molecule has 27 heavy (non-hydrogen) atoms. The number of likely N-dealkylation sites (N-methyl/N-ethyl adjacent to an activating group) is 1. The van der Waals surface area contributed by atoms with E-state index in [1.165, 1.54) is 0 Å². The molecule has 0 spiro atoms. The Morgan fingerprint density at radius 3 is 2.81 bits per heavy atom. The van der Waals surface area contributed by atoms with E-state index in [1.54, 1.807) is 24.5 Å². The number of aliphatic hydroxyl groups excluding tert-OH is 1. The minimum absolute atomic E-state index is 0.0445. The van der Waals surface area contributed by atoms with Crippen molar-refractivity contribution < 1.29 is 9.90 Å². The Balaban J connectivity index is 1.55. The topological polar surface area (TPSA) is 76.2 Å². The monoisotopic (exact) mass is 367 g/mol. The summed E-state index contributed by atoms with van der Waals surface area (Å²) in [7, 11) is 1.77. The molecule has 2 heterocycles. The third-order valence-corrected chi connectivity index (χ3v) is 5.65. The van der Waals surface area contributed by atoms with E-state index >= 15 is 0 Å². The molecule has 3 atom stereocenters. The molecule has 1 aliphatic carbocycles. The highest BCUT2D eigenvalue weighted by Crippen LogP contribution is 2.33. The van der Waals surface area contributed by atoms with Gasteiger partial charge in [-0.1, -0.05) is 0 Å². The van der Waals surface area contributed by atoms with Gasteiger partial charge in [-0.2, -0.15) is 0 Å². The first kappa shape index (κ1) is 17.7. The van der Waals surface area contributed by atoms with Crippen molar-refractivity contribution in [1.82, 2.24) is 24.0 Å². The lowest BCUT2D eigenvalue weighted by molar-refractivity contribution is 0.0443. The zero-order valence-electron chi connectivity index (χ0n) is 15.9. The second-order valence-electron chi connectivity index (χ2n) is 7.58. The molecular formula is C20H25N5O2. The van der Waals surface area contributed by atoms with Crippen LogP contribution < -0.4 is 0 Å². The van der Waals surface area contributed by atoms with E-state index in [-0.39, 0.29) is 18.0 Å². The van der Waals surface area contributed by atoms with Crippen LogP contribution in [0.2, 0.25) is 0 Å². The lowest BCUT2D eigenvalue weighted by Gasteiger charge is -2.29. The molecule has 7 heteroatoms. The fraction of sp³-hybridized carbons (Fsp3) is 0.450. The Morgan fingerprint density at radius 1 is 1.30 bits per heavy atom. The summed E-state index contributed by atoms with van der Waals surface area (Å²) in [6.07, 6.45) is 8.06. The molecule has 0 saturated heterocycles. The molecule has 3 aromatic rings. The predicted octanol–water partition coefficient (Wildman–Crippen LogP) is 2.65. The average Bonchev–Trinajstić information content (AvgIpc) is 3.38. The van der Waals surface area contributed by atoms with Gasteiger partial charge in [-0.3, -0.25) is 4.79 Å². The van der Waals surface area contributed by atoms with Crippen LogP contribution in [0.25, 0.3) is 11.0 Å². The van der Waals surface area contributed by atoms with Crippen molar-refractivity contribution in [3.05, 3.63) is 48.8 Å². The molecule has 1 amide bonds. The van der Waals surface area contributed by atoms with E-state index < -0.39 is 6.10 Å². The standard InChI is InChI=1S/C20H25N5O2/c1-13(2)25-12-22-15-10-14(4-5-16(15)25)20(27)23(3)17-6-7-18(19(17)26)24-9-8-21-11-24/h4-5,8-13,17-19,26H,6-7H2,1-3H3/t17-,18-,19-/m1/s1. The van der Waals surface area contributed by atoms with Crippen molar-refractivity contribution in [3.8, 4) is 0 Å². The Kier molecular flexibility index (Phi) is 4.47. The summed E-state index contributed by atoms with van der Waals surface area (Å²) < 4.78 is 4.01. The number of carbonyl (C=O) groups excluding carboxylic acids is 1. The van der Waals surface area contributed by atoms with Crippen molar-refractivity contribution in [2.75, 3.05) is 7.05 Å². The molecule has 1 N–H and O–H groups in total. The number of rotatable bonds is 4. The van der Waals surface area contributed by atoms with E-state index in [4.69, 9.17) is 0 Å². The smallest absolute Gasteiger partial charge is 0.254 e. The van der Waals surface area contributed by atoms with Crippen molar-refractivity contribution in [1.29, 1.82) is 0 Å². The Morgan fingerprint density at radius 2 is 2.11 bits per heavy atom. The van der Waals surface area contributed by atoms with Crippen molar-refractivity contribution in [2.45, 2.75) is 50.9 Å². The normalized spacial score (nSPS) is 22.6. The van der Waals surface area contributed by atoms with Crippen LogP contribution in [0, 0.1) is 0 Å². The molecule has 7 nitrogen and oxygen atoms in total. The van der Waals surface area contributed by atoms with Gasteiger partial charge in [0.15, 0.2) is 0 Å². The van der Waals surface area contributed by atoms with Gasteiger partial charge < -0.3 is 19.1 Å². The molecule has 0 bridgehead atoms. The molecule has 142 valence electrons. The first-order valence-corrected chi connectivity index (χ1v) is 9.36. The van der Waals surface area contributed by atoms with E-state index in [2.05, 4.69) is 28.4 Å². The number of hydrogen-bond donors (Lipinski definition) is 1. The van der Waals surface area contributed by atoms with Crippen LogP contribution in [0.5, 0.6) is 0 Å². The van der Waals surface area contributed by atoms with Gasteiger partial charge in [-0.25, -0.2) is 9.97 Å². The van der Waals surface area contributed by atoms with Gasteiger partial charge in [0.1, 0.15) is 0 Å². The minimum atomic E-state index is -0.614. The largest absolute Gasteiger partial charge is 0.389 e. The number of fused-ring (bicyclic) bond motifs is 1. The Labute approximate surface area is 158 Å². The number of nitrogens with zero attached hydrogens (tertiary/aromatic N) is 5. The molecular weight excluding hydrogens is 342 g/mol. The van der Waals surface area contributed by atoms with Gasteiger partial charge in [0, 0.05) is 31.0 Å². The van der Waals surface area contributed by atoms with Gasteiger partial charge in [-0.15, -0.1) is 0 Å². The van der Waals surface area contributed by atoms with Gasteiger partial charge in [0.2, 0.25) is 0 Å². The van der Waals surface area contributed by atoms with Crippen LogP contribution in [0.1, 0.15) is 49.1 Å². The van der Waals surface area contributed by atoms with Crippen LogP contribution in [0.3, 0.4) is 0 Å². The zero-order valence-corrected chi connectivity index (χ0v) is 15.9. The summed E-state index contributed by atoms with van der Waals surface area (Å²) in [5.74, 6) is -0.0914. The molecule has 0 unspecified atom stereocenters. The molecule has 1 fully saturated rings. The number of carbonyl (C=O) groups is 1. The molecule has 0 aliphatic heterocycles. The fourth-order valence-electron chi connectivity index (χ4n) is 4.08. The second-order valence-corrected chi connectivity index (χ2v) is 7.58. The van der Waals surface area contributed by atoms with Gasteiger partial charge >= 0.3 is 0 Å². The van der Waals surface area contributed by atoms with Gasteiger partial charge in [0.05, 0.1) is 41.9 Å². The lowest BCUT2D eigenvalue weighted by atomic mass is 10.1. The first-order chi connectivity index (χ1) is 13.0. The Bertz CT molecular complexity index is 947. The summed E-state index contributed by atoms with van der Waals surface area (Å²) >= 11 is 0. The van der Waals surface area contributed by atoms with Crippen molar-refractivity contribution >= 4 is 16.9 Å². The highest BCUT2D eigenvalue weighted by Gasteiger charge is 2.39. The summed E-state index contributed by atoms with van der Waals surface area (Å²) in [4.78, 5) is 23.2. The maximum absolute atomic E-state index is 13.0. The van der Waals surface area contributed by atoms with Crippen molar-refractivity contribution in [3.63, 3.8) is 0 Å². The fourth-order valence-corrected chi connectivity index (χ4v) is 4.08. The van der Waals surface area contributed by atoms with Crippen LogP contribution in [-0.4, -0.2) is 54.2 Å². The highest BCUT2D eigenvalue weighted by molar-refractivity contribution is 5.97. The molecule has 2 aromatic heterocycles. The molecule has 1 aliphatic rings. The summed E-state index contributed by atoms with van der Waals surface area (Å²) in [5.41, 5.74) is 2.42. The van der Waals surface area contributed by atoms with Gasteiger partial charge in [-0.05, 0) is 44.9 Å². The molecule has 4 rings (SSSR count). The van der Waals surface area contributed by atoms with Crippen LogP contribution >= 0.6 is 0 Å². The number of imidazole rings is 2. The Hall–Kier alpha value is -2.67. The van der Waals surface area contributed by atoms with E-state index in [9.17, 15) is 9.90 Å². The molecule has 1 aromatic carbocycles. The molecule has 0 radical (unpaired) electrons. The quantitative estimate of drug-likeness (QED) is 0.769. The maximum atomic E-state index is 13.0. The lowest BCUT2D eigenvalue weighted by Crippen LogP contribution is -2.43. The first-order valence-electron chi connectivity index (χ1n) is 9.36. The van der Waals surface area contributed by atoms with Crippen LogP contribution in [0.4, 0.5) is 0 Å². The minimum Gasteiger partial charge on any atom is -0.389 e. The third kappa shape index (κ3) is 3.02.